The third kappa shape index (κ3) is 5.67. The number of thioether (sulfide) groups is 1. The zero-order valence-corrected chi connectivity index (χ0v) is 12.6. The van der Waals surface area contributed by atoms with Gasteiger partial charge in [0, 0.05) is 29.2 Å². The highest BCUT2D eigenvalue weighted by atomic mass is 32.2. The van der Waals surface area contributed by atoms with E-state index < -0.39 is 5.97 Å². The lowest BCUT2D eigenvalue weighted by Gasteiger charge is -2.16. The molecule has 1 saturated carbocycles. The number of amides is 2. The van der Waals surface area contributed by atoms with E-state index in [-0.39, 0.29) is 17.2 Å². The molecule has 21 heavy (non-hydrogen) atoms. The SMILES string of the molecule is O=C(O)CCCNC(=O)NCC1(Sc2ccccc2)CC1. The van der Waals surface area contributed by atoms with Crippen LogP contribution in [0.15, 0.2) is 35.2 Å². The van der Waals surface area contributed by atoms with Gasteiger partial charge in [0.25, 0.3) is 0 Å². The molecule has 6 heteroatoms. The first-order valence-corrected chi connectivity index (χ1v) is 7.89. The van der Waals surface area contributed by atoms with Crippen molar-refractivity contribution in [1.29, 1.82) is 0 Å². The first kappa shape index (κ1) is 15.7. The monoisotopic (exact) mass is 308 g/mol. The molecule has 3 N–H and O–H groups in total. The number of carboxylic acid groups (broad SMARTS) is 1. The van der Waals surface area contributed by atoms with Crippen LogP contribution in [0.2, 0.25) is 0 Å². The molecule has 5 nitrogen and oxygen atoms in total. The Kier molecular flexibility index (Phi) is 5.50. The third-order valence-corrected chi connectivity index (χ3v) is 4.80. The van der Waals surface area contributed by atoms with Crippen LogP contribution in [0.3, 0.4) is 0 Å². The van der Waals surface area contributed by atoms with Gasteiger partial charge in [0.2, 0.25) is 0 Å². The predicted octanol–water partition coefficient (Wildman–Crippen LogP) is 2.48. The van der Waals surface area contributed by atoms with Crippen LogP contribution in [-0.2, 0) is 4.79 Å². The summed E-state index contributed by atoms with van der Waals surface area (Å²) in [5.74, 6) is -0.839. The molecule has 1 fully saturated rings. The Hall–Kier alpha value is -1.69. The van der Waals surface area contributed by atoms with E-state index in [0.717, 1.165) is 12.8 Å². The highest BCUT2D eigenvalue weighted by molar-refractivity contribution is 8.01. The van der Waals surface area contributed by atoms with Crippen LogP contribution < -0.4 is 10.6 Å². The number of carbonyl (C=O) groups excluding carboxylic acids is 1. The van der Waals surface area contributed by atoms with E-state index in [1.54, 1.807) is 0 Å². The summed E-state index contributed by atoms with van der Waals surface area (Å²) < 4.78 is 0.125. The van der Waals surface area contributed by atoms with Crippen LogP contribution >= 0.6 is 11.8 Å². The van der Waals surface area contributed by atoms with Crippen molar-refractivity contribution in [3.8, 4) is 0 Å². The Labute approximate surface area is 128 Å². The molecule has 0 heterocycles. The second-order valence-electron chi connectivity index (χ2n) is 5.20. The average molecular weight is 308 g/mol. The van der Waals surface area contributed by atoms with E-state index in [4.69, 9.17) is 5.11 Å². The highest BCUT2D eigenvalue weighted by Crippen LogP contribution is 2.51. The van der Waals surface area contributed by atoms with Crippen LogP contribution in [0.5, 0.6) is 0 Å². The van der Waals surface area contributed by atoms with Crippen molar-refractivity contribution in [3.63, 3.8) is 0 Å². The number of hydrogen-bond acceptors (Lipinski definition) is 3. The molecule has 2 amide bonds. The maximum absolute atomic E-state index is 11.6. The van der Waals surface area contributed by atoms with Crippen LogP contribution in [0.1, 0.15) is 25.7 Å². The fraction of sp³-hybridized carbons (Fsp3) is 0.467. The van der Waals surface area contributed by atoms with Gasteiger partial charge in [0.05, 0.1) is 0 Å². The molecule has 2 rings (SSSR count). The molecule has 1 aliphatic carbocycles. The molecular formula is C15H20N2O3S. The zero-order chi connectivity index (χ0) is 15.1. The Bertz CT molecular complexity index is 489. The Morgan fingerprint density at radius 2 is 1.90 bits per heavy atom. The maximum atomic E-state index is 11.6. The quantitative estimate of drug-likeness (QED) is 0.645. The van der Waals surface area contributed by atoms with Crippen molar-refractivity contribution in [2.24, 2.45) is 0 Å². The summed E-state index contributed by atoms with van der Waals surface area (Å²) in [7, 11) is 0. The Morgan fingerprint density at radius 3 is 2.52 bits per heavy atom. The molecule has 0 saturated heterocycles. The van der Waals surface area contributed by atoms with Crippen LogP contribution in [0.25, 0.3) is 0 Å². The molecule has 1 aliphatic rings. The minimum Gasteiger partial charge on any atom is -0.481 e. The summed E-state index contributed by atoms with van der Waals surface area (Å²) in [4.78, 5) is 23.2. The van der Waals surface area contributed by atoms with Gasteiger partial charge in [0.1, 0.15) is 0 Å². The lowest BCUT2D eigenvalue weighted by Crippen LogP contribution is -2.40. The molecule has 0 aliphatic heterocycles. The van der Waals surface area contributed by atoms with Gasteiger partial charge in [-0.05, 0) is 31.4 Å². The first-order chi connectivity index (χ1) is 10.1. The molecule has 0 radical (unpaired) electrons. The molecule has 0 atom stereocenters. The molecule has 0 spiro atoms. The maximum Gasteiger partial charge on any atom is 0.314 e. The molecule has 1 aromatic carbocycles. The van der Waals surface area contributed by atoms with Gasteiger partial charge < -0.3 is 15.7 Å². The van der Waals surface area contributed by atoms with Crippen LogP contribution in [-0.4, -0.2) is 34.9 Å². The van der Waals surface area contributed by atoms with E-state index in [9.17, 15) is 9.59 Å². The Morgan fingerprint density at radius 1 is 1.19 bits per heavy atom. The smallest absolute Gasteiger partial charge is 0.314 e. The predicted molar refractivity (Wildman–Crippen MR) is 82.5 cm³/mol. The summed E-state index contributed by atoms with van der Waals surface area (Å²) in [6, 6.07) is 9.96. The molecule has 0 aromatic heterocycles. The van der Waals surface area contributed by atoms with E-state index in [0.29, 0.717) is 19.5 Å². The summed E-state index contributed by atoms with van der Waals surface area (Å²) in [5.41, 5.74) is 0. The summed E-state index contributed by atoms with van der Waals surface area (Å²) >= 11 is 1.81. The van der Waals surface area contributed by atoms with Gasteiger partial charge >= 0.3 is 12.0 Å². The van der Waals surface area contributed by atoms with Gasteiger partial charge in [-0.1, -0.05) is 18.2 Å². The zero-order valence-electron chi connectivity index (χ0n) is 11.8. The fourth-order valence-electron chi connectivity index (χ4n) is 1.94. The van der Waals surface area contributed by atoms with Gasteiger partial charge in [-0.2, -0.15) is 0 Å². The number of hydrogen-bond donors (Lipinski definition) is 3. The topological polar surface area (TPSA) is 78.4 Å². The number of rotatable bonds is 8. The Balaban J connectivity index is 1.65. The summed E-state index contributed by atoms with van der Waals surface area (Å²) in [6.45, 7) is 1.02. The fourth-order valence-corrected chi connectivity index (χ4v) is 3.18. The summed E-state index contributed by atoms with van der Waals surface area (Å²) in [5, 5.41) is 14.1. The van der Waals surface area contributed by atoms with Gasteiger partial charge in [0.15, 0.2) is 0 Å². The van der Waals surface area contributed by atoms with Crippen molar-refractivity contribution in [2.75, 3.05) is 13.1 Å². The minimum absolute atomic E-state index is 0.0775. The highest BCUT2D eigenvalue weighted by Gasteiger charge is 2.43. The van der Waals surface area contributed by atoms with E-state index in [1.165, 1.54) is 4.90 Å². The first-order valence-electron chi connectivity index (χ1n) is 7.07. The third-order valence-electron chi connectivity index (χ3n) is 3.31. The number of nitrogens with one attached hydrogen (secondary N) is 2. The standard InChI is InChI=1S/C15H20N2O3S/c18-13(19)7-4-10-16-14(20)17-11-15(8-9-15)21-12-5-2-1-3-6-12/h1-3,5-6H,4,7-11H2,(H,18,19)(H2,16,17,20). The van der Waals surface area contributed by atoms with Gasteiger partial charge in [-0.3, -0.25) is 4.79 Å². The number of carboxylic acids is 1. The number of aliphatic carboxylic acids is 1. The second kappa shape index (κ2) is 7.36. The second-order valence-corrected chi connectivity index (χ2v) is 6.75. The molecular weight excluding hydrogens is 288 g/mol. The number of benzene rings is 1. The molecule has 0 bridgehead atoms. The van der Waals surface area contributed by atoms with E-state index >= 15 is 0 Å². The van der Waals surface area contributed by atoms with Crippen molar-refractivity contribution in [3.05, 3.63) is 30.3 Å². The van der Waals surface area contributed by atoms with Crippen molar-refractivity contribution < 1.29 is 14.7 Å². The lowest BCUT2D eigenvalue weighted by atomic mass is 10.3. The normalized spacial score (nSPS) is 15.2. The largest absolute Gasteiger partial charge is 0.481 e. The average Bonchev–Trinajstić information content (AvgIpc) is 3.22. The molecule has 114 valence electrons. The van der Waals surface area contributed by atoms with E-state index in [2.05, 4.69) is 22.8 Å². The lowest BCUT2D eigenvalue weighted by molar-refractivity contribution is -0.137. The van der Waals surface area contributed by atoms with Crippen molar-refractivity contribution >= 4 is 23.8 Å². The number of carbonyl (C=O) groups is 2. The molecule has 1 aromatic rings. The minimum atomic E-state index is -0.839. The number of urea groups is 1. The van der Waals surface area contributed by atoms with Crippen molar-refractivity contribution in [2.45, 2.75) is 35.3 Å². The van der Waals surface area contributed by atoms with Crippen LogP contribution in [0.4, 0.5) is 4.79 Å². The van der Waals surface area contributed by atoms with Gasteiger partial charge in [-0.25, -0.2) is 4.79 Å². The van der Waals surface area contributed by atoms with Crippen molar-refractivity contribution in [1.82, 2.24) is 10.6 Å². The molecule has 0 unspecified atom stereocenters. The van der Waals surface area contributed by atoms with E-state index in [1.807, 2.05) is 30.0 Å². The summed E-state index contributed by atoms with van der Waals surface area (Å²) in [6.07, 6.45) is 2.73. The van der Waals surface area contributed by atoms with Gasteiger partial charge in [-0.15, -0.1) is 11.8 Å². The van der Waals surface area contributed by atoms with Crippen LogP contribution in [0, 0.1) is 0 Å².